The molecule has 0 amide bonds. The molecule has 0 fully saturated rings. The van der Waals surface area contributed by atoms with E-state index in [1.807, 2.05) is 0 Å². The van der Waals surface area contributed by atoms with Gasteiger partial charge in [0.25, 0.3) is 0 Å². The molecule has 0 atom stereocenters. The first-order valence-electron chi connectivity index (χ1n) is 15.9. The maximum atomic E-state index is 2.36. The van der Waals surface area contributed by atoms with E-state index in [1.165, 1.54) is 87.6 Å². The van der Waals surface area contributed by atoms with Gasteiger partial charge >= 0.3 is 0 Å². The van der Waals surface area contributed by atoms with Crippen molar-refractivity contribution in [2.75, 3.05) is 0 Å². The van der Waals surface area contributed by atoms with Crippen LogP contribution < -0.4 is 0 Å². The zero-order valence-corrected chi connectivity index (χ0v) is 25.3. The highest BCUT2D eigenvalue weighted by atomic mass is 14.2. The molecule has 0 radical (unpaired) electrons. The smallest absolute Gasteiger partial charge is 0.00262 e. The molecule has 0 heterocycles. The van der Waals surface area contributed by atoms with E-state index in [0.29, 0.717) is 0 Å². The molecule has 46 heavy (non-hydrogen) atoms. The summed E-state index contributed by atoms with van der Waals surface area (Å²) in [5, 5.41) is 10.1. The third-order valence-electron chi connectivity index (χ3n) is 9.42. The molecule has 0 bridgehead atoms. The van der Waals surface area contributed by atoms with Crippen molar-refractivity contribution in [2.24, 2.45) is 0 Å². The molecule has 0 aliphatic carbocycles. The Hall–Kier alpha value is -5.98. The molecule has 0 saturated heterocycles. The lowest BCUT2D eigenvalue weighted by Gasteiger charge is -2.18. The summed E-state index contributed by atoms with van der Waals surface area (Å²) in [6.07, 6.45) is 0. The third-order valence-corrected chi connectivity index (χ3v) is 9.42. The third kappa shape index (κ3) is 4.47. The van der Waals surface area contributed by atoms with Crippen LogP contribution in [0.25, 0.3) is 87.6 Å². The molecule has 0 N–H and O–H groups in total. The highest BCUT2D eigenvalue weighted by Crippen LogP contribution is 2.44. The molecule has 0 unspecified atom stereocenters. The fourth-order valence-electron chi connectivity index (χ4n) is 7.17. The van der Waals surface area contributed by atoms with Crippen LogP contribution in [0.1, 0.15) is 0 Å². The maximum Gasteiger partial charge on any atom is -0.00262 e. The first kappa shape index (κ1) is 26.4. The standard InChI is InChI=1S/C46H30/c1-3-12-35-28-38(26-22-31(35)10-1)33-20-24-34(25-21-33)45-41-16-5-7-18-43(41)46(44-19-8-6-17-42(44)45)40-15-9-14-37(30-40)39-27-23-32-11-2-4-13-36(32)29-39/h1-30H. The first-order valence-corrected chi connectivity index (χ1v) is 15.9. The lowest BCUT2D eigenvalue weighted by atomic mass is 9.85. The Morgan fingerprint density at radius 1 is 0.196 bits per heavy atom. The summed E-state index contributed by atoms with van der Waals surface area (Å²) in [4.78, 5) is 0. The zero-order chi connectivity index (χ0) is 30.5. The predicted molar refractivity (Wildman–Crippen MR) is 198 cm³/mol. The van der Waals surface area contributed by atoms with Crippen LogP contribution in [0, 0.1) is 0 Å². The fraction of sp³-hybridized carbons (Fsp3) is 0. The van der Waals surface area contributed by atoms with Crippen LogP contribution in [0.15, 0.2) is 182 Å². The normalized spacial score (nSPS) is 11.5. The van der Waals surface area contributed by atoms with Gasteiger partial charge in [0, 0.05) is 0 Å². The largest absolute Gasteiger partial charge is 0.0616 e. The first-order chi connectivity index (χ1) is 22.8. The fourth-order valence-corrected chi connectivity index (χ4v) is 7.17. The molecule has 0 aromatic heterocycles. The minimum atomic E-state index is 1.23. The minimum absolute atomic E-state index is 1.23. The van der Waals surface area contributed by atoms with Gasteiger partial charge in [0.05, 0.1) is 0 Å². The molecule has 0 aliphatic rings. The zero-order valence-electron chi connectivity index (χ0n) is 25.3. The summed E-state index contributed by atoms with van der Waals surface area (Å²) < 4.78 is 0. The van der Waals surface area contributed by atoms with Gasteiger partial charge in [-0.15, -0.1) is 0 Å². The second-order valence-corrected chi connectivity index (χ2v) is 12.1. The van der Waals surface area contributed by atoms with Gasteiger partial charge in [-0.05, 0) is 106 Å². The second-order valence-electron chi connectivity index (χ2n) is 12.1. The highest BCUT2D eigenvalue weighted by Gasteiger charge is 2.17. The van der Waals surface area contributed by atoms with Gasteiger partial charge in [-0.25, -0.2) is 0 Å². The average Bonchev–Trinajstić information content (AvgIpc) is 3.13. The molecule has 0 spiro atoms. The summed E-state index contributed by atoms with van der Waals surface area (Å²) in [5.74, 6) is 0. The van der Waals surface area contributed by atoms with Gasteiger partial charge in [0.1, 0.15) is 0 Å². The molecule has 214 valence electrons. The molecule has 9 aromatic carbocycles. The van der Waals surface area contributed by atoms with E-state index >= 15 is 0 Å². The second kappa shape index (κ2) is 10.9. The monoisotopic (exact) mass is 582 g/mol. The molecule has 0 heteroatoms. The van der Waals surface area contributed by atoms with Crippen molar-refractivity contribution in [3.8, 4) is 44.5 Å². The van der Waals surface area contributed by atoms with E-state index < -0.39 is 0 Å². The Bertz CT molecular complexity index is 2510. The lowest BCUT2D eigenvalue weighted by Crippen LogP contribution is -1.91. The van der Waals surface area contributed by atoms with Crippen molar-refractivity contribution in [3.05, 3.63) is 182 Å². The van der Waals surface area contributed by atoms with Crippen molar-refractivity contribution in [2.45, 2.75) is 0 Å². The van der Waals surface area contributed by atoms with E-state index in [4.69, 9.17) is 0 Å². The molecular formula is C46H30. The number of rotatable bonds is 4. The lowest BCUT2D eigenvalue weighted by molar-refractivity contribution is 1.62. The molecule has 0 aliphatic heterocycles. The Kier molecular flexibility index (Phi) is 6.25. The quantitative estimate of drug-likeness (QED) is 0.181. The summed E-state index contributed by atoms with van der Waals surface area (Å²) in [6.45, 7) is 0. The molecule has 0 nitrogen and oxygen atoms in total. The maximum absolute atomic E-state index is 2.36. The van der Waals surface area contributed by atoms with Crippen LogP contribution in [0.3, 0.4) is 0 Å². The topological polar surface area (TPSA) is 0 Å². The Labute approximate surface area is 268 Å². The van der Waals surface area contributed by atoms with E-state index in [1.54, 1.807) is 0 Å². The van der Waals surface area contributed by atoms with Gasteiger partial charge in [0.15, 0.2) is 0 Å². The van der Waals surface area contributed by atoms with Crippen molar-refractivity contribution in [3.63, 3.8) is 0 Å². The van der Waals surface area contributed by atoms with Crippen LogP contribution in [0.2, 0.25) is 0 Å². The predicted octanol–water partition coefficient (Wildman–Crippen LogP) is 13.0. The number of fused-ring (bicyclic) bond motifs is 4. The van der Waals surface area contributed by atoms with Gasteiger partial charge in [-0.3, -0.25) is 0 Å². The Morgan fingerprint density at radius 3 is 1.11 bits per heavy atom. The summed E-state index contributed by atoms with van der Waals surface area (Å²) >= 11 is 0. The van der Waals surface area contributed by atoms with Gasteiger partial charge < -0.3 is 0 Å². The van der Waals surface area contributed by atoms with E-state index in [2.05, 4.69) is 182 Å². The van der Waals surface area contributed by atoms with Gasteiger partial charge in [-0.1, -0.05) is 164 Å². The number of benzene rings is 9. The van der Waals surface area contributed by atoms with Crippen LogP contribution in [0.4, 0.5) is 0 Å². The van der Waals surface area contributed by atoms with Gasteiger partial charge in [-0.2, -0.15) is 0 Å². The summed E-state index contributed by atoms with van der Waals surface area (Å²) in [5.41, 5.74) is 9.95. The van der Waals surface area contributed by atoms with E-state index in [9.17, 15) is 0 Å². The van der Waals surface area contributed by atoms with E-state index in [-0.39, 0.29) is 0 Å². The number of hydrogen-bond acceptors (Lipinski definition) is 0. The summed E-state index contributed by atoms with van der Waals surface area (Å²) in [6, 6.07) is 66.6. The van der Waals surface area contributed by atoms with Gasteiger partial charge in [0.2, 0.25) is 0 Å². The van der Waals surface area contributed by atoms with Crippen LogP contribution in [-0.2, 0) is 0 Å². The minimum Gasteiger partial charge on any atom is -0.0616 e. The van der Waals surface area contributed by atoms with Crippen molar-refractivity contribution in [1.82, 2.24) is 0 Å². The van der Waals surface area contributed by atoms with Crippen molar-refractivity contribution < 1.29 is 0 Å². The van der Waals surface area contributed by atoms with Crippen LogP contribution in [0.5, 0.6) is 0 Å². The van der Waals surface area contributed by atoms with Crippen LogP contribution >= 0.6 is 0 Å². The SMILES string of the molecule is c1cc(-c2ccc3ccccc3c2)cc(-c2c3ccccc3c(-c3ccc(-c4ccc5ccccc5c4)cc3)c3ccccc23)c1. The molecular weight excluding hydrogens is 553 g/mol. The van der Waals surface area contributed by atoms with E-state index in [0.717, 1.165) is 0 Å². The van der Waals surface area contributed by atoms with Crippen molar-refractivity contribution in [1.29, 1.82) is 0 Å². The Balaban J connectivity index is 1.20. The van der Waals surface area contributed by atoms with Crippen molar-refractivity contribution >= 4 is 43.1 Å². The Morgan fingerprint density at radius 2 is 0.565 bits per heavy atom. The molecule has 9 aromatic rings. The molecule has 0 saturated carbocycles. The number of hydrogen-bond donors (Lipinski definition) is 0. The molecule has 9 rings (SSSR count). The van der Waals surface area contributed by atoms with Crippen LogP contribution in [-0.4, -0.2) is 0 Å². The highest BCUT2D eigenvalue weighted by molar-refractivity contribution is 6.21. The average molecular weight is 583 g/mol. The summed E-state index contributed by atoms with van der Waals surface area (Å²) in [7, 11) is 0.